The summed E-state index contributed by atoms with van der Waals surface area (Å²) in [4.78, 5) is 11.0. The van der Waals surface area contributed by atoms with Crippen molar-refractivity contribution in [2.24, 2.45) is 10.2 Å². The second-order valence-corrected chi connectivity index (χ2v) is 4.42. The Bertz CT molecular complexity index is 464. The minimum absolute atomic E-state index is 0.348. The number of rotatable bonds is 4. The van der Waals surface area contributed by atoms with E-state index in [0.29, 0.717) is 5.88 Å². The first-order valence-electron chi connectivity index (χ1n) is 5.43. The van der Waals surface area contributed by atoms with Crippen molar-refractivity contribution >= 4 is 6.29 Å². The Hall–Kier alpha value is -1.97. The Kier molecular flexibility index (Phi) is 3.04. The molecule has 1 aromatic rings. The second kappa shape index (κ2) is 4.49. The summed E-state index contributed by atoms with van der Waals surface area (Å²) in [7, 11) is 0. The highest BCUT2D eigenvalue weighted by molar-refractivity contribution is 5.60. The normalized spacial score (nSPS) is 18.6. The van der Waals surface area contributed by atoms with E-state index < -0.39 is 6.10 Å². The summed E-state index contributed by atoms with van der Waals surface area (Å²) in [5.41, 5.74) is 0.461. The fourth-order valence-corrected chi connectivity index (χ4v) is 1.54. The van der Waals surface area contributed by atoms with Crippen LogP contribution < -0.4 is 0 Å². The minimum Gasteiger partial charge on any atom is -0.461 e. The molecule has 1 heterocycles. The van der Waals surface area contributed by atoms with E-state index in [4.69, 9.17) is 4.74 Å². The predicted molar refractivity (Wildman–Crippen MR) is 63.4 cm³/mol. The molecule has 4 heteroatoms. The molecule has 0 radical (unpaired) electrons. The topological polar surface area (TPSA) is 51.0 Å². The average Bonchev–Trinajstić information content (AvgIpc) is 2.67. The molecule has 1 atom stereocenters. The molecule has 0 fully saturated rings. The van der Waals surface area contributed by atoms with Crippen molar-refractivity contribution in [3.63, 3.8) is 0 Å². The van der Waals surface area contributed by atoms with E-state index in [1.54, 1.807) is 6.08 Å². The molecule has 1 aliphatic rings. The smallest absolute Gasteiger partial charge is 0.232 e. The quantitative estimate of drug-likeness (QED) is 0.746. The Morgan fingerprint density at radius 3 is 2.53 bits per heavy atom. The van der Waals surface area contributed by atoms with Gasteiger partial charge in [-0.25, -0.2) is 0 Å². The van der Waals surface area contributed by atoms with Crippen LogP contribution in [0.3, 0.4) is 0 Å². The molecule has 88 valence electrons. The lowest BCUT2D eigenvalue weighted by Gasteiger charge is -2.12. The lowest BCUT2D eigenvalue weighted by molar-refractivity contribution is -0.116. The Labute approximate surface area is 100 Å². The summed E-state index contributed by atoms with van der Waals surface area (Å²) in [5.74, 6) is 0.399. The van der Waals surface area contributed by atoms with Crippen LogP contribution in [0.5, 0.6) is 0 Å². The van der Waals surface area contributed by atoms with E-state index in [9.17, 15) is 4.79 Å². The van der Waals surface area contributed by atoms with Crippen LogP contribution in [0.1, 0.15) is 25.5 Å². The molecule has 1 aliphatic heterocycles. The largest absolute Gasteiger partial charge is 0.461 e. The van der Waals surface area contributed by atoms with E-state index in [2.05, 4.69) is 10.2 Å². The summed E-state index contributed by atoms with van der Waals surface area (Å²) in [6.07, 6.45) is 1.93. The molecule has 0 aliphatic carbocycles. The Morgan fingerprint density at radius 1 is 1.29 bits per heavy atom. The Morgan fingerprint density at radius 2 is 2.00 bits per heavy atom. The summed E-state index contributed by atoms with van der Waals surface area (Å²) in [6, 6.07) is 9.31. The molecule has 0 amide bonds. The molecule has 2 rings (SSSR count). The number of nitrogens with zero attached hydrogens (tertiary/aromatic N) is 2. The first-order chi connectivity index (χ1) is 8.11. The fourth-order valence-electron chi connectivity index (χ4n) is 1.54. The zero-order chi connectivity index (χ0) is 12.3. The van der Waals surface area contributed by atoms with Crippen LogP contribution in [0.4, 0.5) is 0 Å². The molecular weight excluding hydrogens is 216 g/mol. The van der Waals surface area contributed by atoms with Gasteiger partial charge in [0.05, 0.1) is 5.54 Å². The van der Waals surface area contributed by atoms with Crippen molar-refractivity contribution in [2.75, 3.05) is 0 Å². The molecule has 0 spiro atoms. The molecule has 0 aromatic heterocycles. The maximum Gasteiger partial charge on any atom is 0.232 e. The molecule has 1 unspecified atom stereocenters. The molecule has 4 nitrogen and oxygen atoms in total. The van der Waals surface area contributed by atoms with Crippen molar-refractivity contribution in [3.8, 4) is 0 Å². The van der Waals surface area contributed by atoms with Crippen LogP contribution in [0.25, 0.3) is 0 Å². The first-order valence-corrected chi connectivity index (χ1v) is 5.43. The highest BCUT2D eigenvalue weighted by atomic mass is 16.5. The molecule has 0 saturated carbocycles. The van der Waals surface area contributed by atoms with E-state index in [1.165, 1.54) is 0 Å². The third-order valence-electron chi connectivity index (χ3n) is 2.38. The van der Waals surface area contributed by atoms with Gasteiger partial charge in [0.25, 0.3) is 0 Å². The van der Waals surface area contributed by atoms with Gasteiger partial charge in [-0.05, 0) is 19.4 Å². The predicted octanol–water partition coefficient (Wildman–Crippen LogP) is 3.03. The molecule has 0 bridgehead atoms. The highest BCUT2D eigenvalue weighted by Crippen LogP contribution is 2.27. The fraction of sp³-hybridized carbons (Fsp3) is 0.308. The van der Waals surface area contributed by atoms with E-state index >= 15 is 0 Å². The van der Waals surface area contributed by atoms with Gasteiger partial charge in [0.1, 0.15) is 0 Å². The second-order valence-electron chi connectivity index (χ2n) is 4.42. The molecule has 1 aromatic carbocycles. The lowest BCUT2D eigenvalue weighted by Crippen LogP contribution is -2.09. The standard InChI is InChI=1S/C13H14N2O2/c1-13(2)8-12(14-15-13)17-11(9-16)10-6-4-3-5-7-10/h3-9,11H,1-2H3. The Balaban J connectivity index is 2.13. The van der Waals surface area contributed by atoms with Crippen LogP contribution in [0.2, 0.25) is 0 Å². The van der Waals surface area contributed by atoms with Gasteiger partial charge in [0.2, 0.25) is 5.88 Å². The van der Waals surface area contributed by atoms with Gasteiger partial charge in [-0.15, -0.1) is 5.11 Å². The number of aldehydes is 1. The van der Waals surface area contributed by atoms with Gasteiger partial charge < -0.3 is 4.74 Å². The summed E-state index contributed by atoms with van der Waals surface area (Å²) < 4.78 is 5.51. The van der Waals surface area contributed by atoms with E-state index in [1.807, 2.05) is 44.2 Å². The first kappa shape index (κ1) is 11.5. The molecule has 0 N–H and O–H groups in total. The maximum atomic E-state index is 11.0. The van der Waals surface area contributed by atoms with Crippen molar-refractivity contribution in [2.45, 2.75) is 25.5 Å². The van der Waals surface area contributed by atoms with Gasteiger partial charge in [-0.3, -0.25) is 4.79 Å². The summed E-state index contributed by atoms with van der Waals surface area (Å²) >= 11 is 0. The summed E-state index contributed by atoms with van der Waals surface area (Å²) in [5, 5.41) is 7.93. The van der Waals surface area contributed by atoms with E-state index in [-0.39, 0.29) is 5.54 Å². The third-order valence-corrected chi connectivity index (χ3v) is 2.38. The zero-order valence-electron chi connectivity index (χ0n) is 9.83. The van der Waals surface area contributed by atoms with Gasteiger partial charge in [0.15, 0.2) is 12.4 Å². The van der Waals surface area contributed by atoms with Crippen LogP contribution in [0.15, 0.2) is 52.5 Å². The van der Waals surface area contributed by atoms with Crippen molar-refractivity contribution in [1.82, 2.24) is 0 Å². The number of azo groups is 1. The number of benzene rings is 1. The van der Waals surface area contributed by atoms with E-state index in [0.717, 1.165) is 11.8 Å². The summed E-state index contributed by atoms with van der Waals surface area (Å²) in [6.45, 7) is 3.84. The average molecular weight is 230 g/mol. The van der Waals surface area contributed by atoms with Crippen molar-refractivity contribution in [1.29, 1.82) is 0 Å². The molecule has 17 heavy (non-hydrogen) atoms. The third kappa shape index (κ3) is 2.78. The van der Waals surface area contributed by atoms with Crippen LogP contribution in [0, 0.1) is 0 Å². The number of carbonyl (C=O) groups is 1. The minimum atomic E-state index is -0.629. The highest BCUT2D eigenvalue weighted by Gasteiger charge is 2.23. The maximum absolute atomic E-state index is 11.0. The SMILES string of the molecule is CC1(C)C=C(OC(C=O)c2ccccc2)N=N1. The lowest BCUT2D eigenvalue weighted by atomic mass is 10.1. The van der Waals surface area contributed by atoms with Crippen LogP contribution in [-0.4, -0.2) is 11.8 Å². The van der Waals surface area contributed by atoms with Crippen molar-refractivity contribution in [3.05, 3.63) is 47.9 Å². The van der Waals surface area contributed by atoms with Crippen molar-refractivity contribution < 1.29 is 9.53 Å². The number of ether oxygens (including phenoxy) is 1. The van der Waals surface area contributed by atoms with Gasteiger partial charge >= 0.3 is 0 Å². The van der Waals surface area contributed by atoms with Crippen LogP contribution >= 0.6 is 0 Å². The number of hydrogen-bond donors (Lipinski definition) is 0. The molecular formula is C13H14N2O2. The number of carbonyl (C=O) groups excluding carboxylic acids is 1. The van der Waals surface area contributed by atoms with Gasteiger partial charge in [-0.2, -0.15) is 5.11 Å². The monoisotopic (exact) mass is 230 g/mol. The zero-order valence-corrected chi connectivity index (χ0v) is 9.83. The van der Waals surface area contributed by atoms with Gasteiger partial charge in [0, 0.05) is 6.08 Å². The number of hydrogen-bond acceptors (Lipinski definition) is 4. The van der Waals surface area contributed by atoms with Gasteiger partial charge in [-0.1, -0.05) is 30.3 Å². The molecule has 0 saturated heterocycles. The van der Waals surface area contributed by atoms with Crippen LogP contribution in [-0.2, 0) is 9.53 Å².